The maximum absolute atomic E-state index is 4.00. The third kappa shape index (κ3) is 3.58. The Labute approximate surface area is 242 Å². The van der Waals surface area contributed by atoms with E-state index in [4.69, 9.17) is 0 Å². The van der Waals surface area contributed by atoms with Gasteiger partial charge in [0.15, 0.2) is 0 Å². The maximum atomic E-state index is 4.00. The van der Waals surface area contributed by atoms with Gasteiger partial charge in [0, 0.05) is 39.5 Å². The van der Waals surface area contributed by atoms with Gasteiger partial charge < -0.3 is 10.0 Å². The van der Waals surface area contributed by atoms with Crippen LogP contribution in [-0.2, 0) is 5.41 Å². The monoisotopic (exact) mass is 526 g/mol. The minimum Gasteiger partial charge on any atom is -0.405 e. The maximum Gasteiger partial charge on any atom is 0.414 e. The van der Waals surface area contributed by atoms with E-state index >= 15 is 0 Å². The highest BCUT2D eigenvalue weighted by atomic mass is 15.2. The van der Waals surface area contributed by atoms with Crippen molar-refractivity contribution in [3.63, 3.8) is 0 Å². The molecular formula is C38H31BN2. The average Bonchev–Trinajstić information content (AvgIpc) is 3.63. The Balaban J connectivity index is 1.44. The number of anilines is 3. The molecule has 2 nitrogen and oxygen atoms in total. The van der Waals surface area contributed by atoms with Crippen LogP contribution in [0.2, 0.25) is 0 Å². The molecule has 3 aliphatic rings. The molecule has 0 fully saturated rings. The smallest absolute Gasteiger partial charge is 0.405 e. The summed E-state index contributed by atoms with van der Waals surface area (Å²) in [7, 11) is 0. The third-order valence-corrected chi connectivity index (χ3v) is 9.15. The summed E-state index contributed by atoms with van der Waals surface area (Å²) >= 11 is 0. The zero-order valence-corrected chi connectivity index (χ0v) is 23.4. The highest BCUT2D eigenvalue weighted by Gasteiger charge is 2.43. The second-order valence-electron chi connectivity index (χ2n) is 11.8. The summed E-state index contributed by atoms with van der Waals surface area (Å²) in [6.45, 7) is 4.61. The third-order valence-electron chi connectivity index (χ3n) is 9.15. The highest BCUT2D eigenvalue weighted by Crippen LogP contribution is 2.54. The number of fused-ring (bicyclic) bond motifs is 6. The molecular weight excluding hydrogens is 495 g/mol. The van der Waals surface area contributed by atoms with E-state index in [9.17, 15) is 0 Å². The van der Waals surface area contributed by atoms with Crippen molar-refractivity contribution in [2.24, 2.45) is 0 Å². The van der Waals surface area contributed by atoms with E-state index in [1.54, 1.807) is 0 Å². The molecule has 1 aliphatic heterocycles. The van der Waals surface area contributed by atoms with Gasteiger partial charge in [-0.3, -0.25) is 0 Å². The fourth-order valence-electron chi connectivity index (χ4n) is 7.27. The molecule has 5 aromatic rings. The van der Waals surface area contributed by atoms with Crippen molar-refractivity contribution in [1.29, 1.82) is 0 Å². The second kappa shape index (κ2) is 9.14. The van der Waals surface area contributed by atoms with E-state index in [0.29, 0.717) is 0 Å². The molecule has 0 radical (unpaired) electrons. The number of hydrogen-bond acceptors (Lipinski definition) is 2. The molecule has 0 unspecified atom stereocenters. The quantitative estimate of drug-likeness (QED) is 0.235. The van der Waals surface area contributed by atoms with Gasteiger partial charge in [-0.15, -0.1) is 0 Å². The first-order chi connectivity index (χ1) is 20.1. The molecule has 2 aliphatic carbocycles. The molecule has 0 spiro atoms. The molecule has 1 heterocycles. The van der Waals surface area contributed by atoms with Crippen LogP contribution >= 0.6 is 0 Å². The van der Waals surface area contributed by atoms with Crippen molar-refractivity contribution in [2.45, 2.75) is 25.2 Å². The number of hydrogen-bond donors (Lipinski definition) is 1. The normalized spacial score (nSPS) is 15.9. The Morgan fingerprint density at radius 2 is 1.24 bits per heavy atom. The van der Waals surface area contributed by atoms with Crippen LogP contribution < -0.4 is 15.5 Å². The summed E-state index contributed by atoms with van der Waals surface area (Å²) in [6, 6.07) is 42.2. The summed E-state index contributed by atoms with van der Waals surface area (Å²) < 4.78 is 0. The van der Waals surface area contributed by atoms with Gasteiger partial charge in [-0.05, 0) is 57.5 Å². The summed E-state index contributed by atoms with van der Waals surface area (Å²) in [5, 5.41) is 4.00. The molecule has 5 aromatic carbocycles. The van der Waals surface area contributed by atoms with Crippen LogP contribution in [0.5, 0.6) is 0 Å². The molecule has 0 saturated heterocycles. The van der Waals surface area contributed by atoms with Gasteiger partial charge in [-0.2, -0.15) is 0 Å². The number of rotatable bonds is 4. The minimum atomic E-state index is -0.108. The van der Waals surface area contributed by atoms with Crippen LogP contribution in [0.3, 0.4) is 0 Å². The van der Waals surface area contributed by atoms with E-state index in [-0.39, 0.29) is 18.3 Å². The van der Waals surface area contributed by atoms with E-state index in [1.807, 2.05) is 0 Å². The number of allylic oxidation sites excluding steroid dienone is 4. The SMILES string of the molecule is CC1(C)c2ccccc2-c2c(N3B(Nc4ccccc4)c4c(cccc4C4C=CC=C4)-c4ccccc43)cccc21. The van der Waals surface area contributed by atoms with Crippen molar-refractivity contribution in [3.05, 3.63) is 156 Å². The minimum absolute atomic E-state index is 0.0674. The molecule has 196 valence electrons. The predicted octanol–water partition coefficient (Wildman–Crippen LogP) is 8.83. The van der Waals surface area contributed by atoms with Crippen molar-refractivity contribution < 1.29 is 0 Å². The summed E-state index contributed by atoms with van der Waals surface area (Å²) in [4.78, 5) is 2.56. The van der Waals surface area contributed by atoms with Crippen LogP contribution in [0.4, 0.5) is 17.1 Å². The number of nitrogens with zero attached hydrogens (tertiary/aromatic N) is 1. The van der Waals surface area contributed by atoms with Crippen LogP contribution in [-0.4, -0.2) is 6.98 Å². The van der Waals surface area contributed by atoms with Gasteiger partial charge in [0.05, 0.1) is 0 Å². The molecule has 1 N–H and O–H groups in total. The van der Waals surface area contributed by atoms with Gasteiger partial charge in [0.2, 0.25) is 0 Å². The molecule has 0 saturated carbocycles. The van der Waals surface area contributed by atoms with Gasteiger partial charge in [0.25, 0.3) is 0 Å². The zero-order valence-electron chi connectivity index (χ0n) is 23.4. The molecule has 41 heavy (non-hydrogen) atoms. The van der Waals surface area contributed by atoms with Crippen LogP contribution in [0.1, 0.15) is 36.5 Å². The Morgan fingerprint density at radius 1 is 0.610 bits per heavy atom. The van der Waals surface area contributed by atoms with Crippen molar-refractivity contribution in [3.8, 4) is 22.3 Å². The molecule has 8 rings (SSSR count). The predicted molar refractivity (Wildman–Crippen MR) is 174 cm³/mol. The zero-order chi connectivity index (χ0) is 27.6. The summed E-state index contributed by atoms with van der Waals surface area (Å²) in [5.41, 5.74) is 14.2. The Hall–Kier alpha value is -4.76. The lowest BCUT2D eigenvalue weighted by molar-refractivity contribution is 0.660. The van der Waals surface area contributed by atoms with E-state index in [1.165, 1.54) is 55.8 Å². The van der Waals surface area contributed by atoms with Gasteiger partial charge in [0.1, 0.15) is 0 Å². The highest BCUT2D eigenvalue weighted by molar-refractivity contribution is 6.83. The first-order valence-corrected chi connectivity index (χ1v) is 14.5. The first-order valence-electron chi connectivity index (χ1n) is 14.5. The van der Waals surface area contributed by atoms with Crippen LogP contribution in [0.25, 0.3) is 22.3 Å². The standard InChI is InChI=1S/C38H31BN2/c1-38(2)32-22-10-8-19-31(32)36-33(38)23-13-25-35(36)41-34-24-11-9-18-29(34)30-21-12-20-28(26-14-6-7-15-26)37(30)39(41)40-27-16-4-3-5-17-27/h3-26,40H,1-2H3. The Kier molecular flexibility index (Phi) is 5.37. The van der Waals surface area contributed by atoms with E-state index in [2.05, 4.69) is 163 Å². The fraction of sp³-hybridized carbons (Fsp3) is 0.105. The lowest BCUT2D eigenvalue weighted by Crippen LogP contribution is -2.56. The second-order valence-corrected chi connectivity index (χ2v) is 11.8. The van der Waals surface area contributed by atoms with Crippen molar-refractivity contribution in [2.75, 3.05) is 10.0 Å². The average molecular weight is 526 g/mol. The van der Waals surface area contributed by atoms with Gasteiger partial charge >= 0.3 is 6.98 Å². The molecule has 0 atom stereocenters. The largest absolute Gasteiger partial charge is 0.414 e. The van der Waals surface area contributed by atoms with Gasteiger partial charge in [-0.1, -0.05) is 129 Å². The number of benzene rings is 5. The molecule has 3 heteroatoms. The van der Waals surface area contributed by atoms with Crippen LogP contribution in [0, 0.1) is 0 Å². The molecule has 0 bridgehead atoms. The lowest BCUT2D eigenvalue weighted by atomic mass is 9.56. The van der Waals surface area contributed by atoms with Crippen molar-refractivity contribution >= 4 is 29.5 Å². The topological polar surface area (TPSA) is 15.3 Å². The van der Waals surface area contributed by atoms with Gasteiger partial charge in [-0.25, -0.2) is 0 Å². The lowest BCUT2D eigenvalue weighted by Gasteiger charge is -2.41. The molecule has 0 aromatic heterocycles. The Morgan fingerprint density at radius 3 is 2.07 bits per heavy atom. The summed E-state index contributed by atoms with van der Waals surface area (Å²) in [5.74, 6) is 0.248. The summed E-state index contributed by atoms with van der Waals surface area (Å²) in [6.07, 6.45) is 8.95. The number of para-hydroxylation sites is 2. The van der Waals surface area contributed by atoms with Crippen molar-refractivity contribution in [1.82, 2.24) is 0 Å². The fourth-order valence-corrected chi connectivity index (χ4v) is 7.27. The molecule has 0 amide bonds. The van der Waals surface area contributed by atoms with Crippen LogP contribution in [0.15, 0.2) is 140 Å². The number of nitrogens with one attached hydrogen (secondary N) is 1. The van der Waals surface area contributed by atoms with E-state index in [0.717, 1.165) is 5.69 Å². The van der Waals surface area contributed by atoms with E-state index < -0.39 is 0 Å². The first kappa shape index (κ1) is 24.1. The Bertz CT molecular complexity index is 1860.